The summed E-state index contributed by atoms with van der Waals surface area (Å²) in [6.07, 6.45) is 8.42. The van der Waals surface area contributed by atoms with Crippen LogP contribution in [0.2, 0.25) is 0 Å². The lowest BCUT2D eigenvalue weighted by Gasteiger charge is -2.27. The predicted molar refractivity (Wildman–Crippen MR) is 78.9 cm³/mol. The van der Waals surface area contributed by atoms with E-state index in [0.717, 1.165) is 37.1 Å². The summed E-state index contributed by atoms with van der Waals surface area (Å²) in [7, 11) is 0. The molecule has 0 radical (unpaired) electrons. The minimum atomic E-state index is -0.366. The van der Waals surface area contributed by atoms with Crippen LogP contribution >= 0.6 is 11.8 Å². The molecule has 2 rings (SSSR count). The van der Waals surface area contributed by atoms with Crippen molar-refractivity contribution in [1.29, 1.82) is 0 Å². The minimum Gasteiger partial charge on any atom is -0.334 e. The lowest BCUT2D eigenvalue weighted by atomic mass is 10.1. The third kappa shape index (κ3) is 3.48. The van der Waals surface area contributed by atoms with Gasteiger partial charge in [-0.15, -0.1) is 0 Å². The zero-order valence-corrected chi connectivity index (χ0v) is 12.1. The first-order valence-corrected chi connectivity index (χ1v) is 8.08. The molecule has 0 saturated carbocycles. The van der Waals surface area contributed by atoms with Crippen LogP contribution in [0.4, 0.5) is 0 Å². The van der Waals surface area contributed by atoms with Crippen LogP contribution in [0.15, 0.2) is 24.5 Å². The van der Waals surface area contributed by atoms with Gasteiger partial charge in [-0.3, -0.25) is 9.78 Å². The highest BCUT2D eigenvalue weighted by molar-refractivity contribution is 7.98. The van der Waals surface area contributed by atoms with E-state index >= 15 is 0 Å². The van der Waals surface area contributed by atoms with Crippen LogP contribution < -0.4 is 5.73 Å². The summed E-state index contributed by atoms with van der Waals surface area (Å²) in [5.41, 5.74) is 7.17. The monoisotopic (exact) mass is 279 g/mol. The Hall–Kier alpha value is -1.07. The Morgan fingerprint density at radius 1 is 1.58 bits per heavy atom. The fraction of sp³-hybridized carbons (Fsp3) is 0.571. The average molecular weight is 279 g/mol. The van der Waals surface area contributed by atoms with E-state index in [4.69, 9.17) is 5.73 Å². The van der Waals surface area contributed by atoms with Gasteiger partial charge >= 0.3 is 0 Å². The van der Waals surface area contributed by atoms with Crippen molar-refractivity contribution in [1.82, 2.24) is 9.88 Å². The number of aromatic nitrogens is 1. The first kappa shape index (κ1) is 14.3. The van der Waals surface area contributed by atoms with Crippen molar-refractivity contribution in [2.45, 2.75) is 31.3 Å². The molecule has 5 heteroatoms. The van der Waals surface area contributed by atoms with Gasteiger partial charge in [-0.25, -0.2) is 0 Å². The number of carbonyl (C=O) groups excluding carboxylic acids is 1. The lowest BCUT2D eigenvalue weighted by molar-refractivity contribution is -0.133. The highest BCUT2D eigenvalue weighted by Crippen LogP contribution is 2.32. The molecule has 1 aliphatic rings. The molecule has 1 saturated heterocycles. The second-order valence-corrected chi connectivity index (χ2v) is 5.84. The number of likely N-dealkylation sites (tertiary alicyclic amines) is 1. The topological polar surface area (TPSA) is 59.2 Å². The second-order valence-electron chi connectivity index (χ2n) is 4.86. The van der Waals surface area contributed by atoms with Gasteiger partial charge in [0, 0.05) is 18.9 Å². The molecule has 104 valence electrons. The molecule has 2 heterocycles. The van der Waals surface area contributed by atoms with E-state index in [2.05, 4.69) is 4.98 Å². The maximum atomic E-state index is 12.4. The highest BCUT2D eigenvalue weighted by Gasteiger charge is 2.32. The Kier molecular flexibility index (Phi) is 5.22. The molecule has 2 N–H and O–H groups in total. The Morgan fingerprint density at radius 2 is 2.32 bits per heavy atom. The van der Waals surface area contributed by atoms with Crippen molar-refractivity contribution >= 4 is 17.7 Å². The molecule has 1 amide bonds. The van der Waals surface area contributed by atoms with Crippen molar-refractivity contribution in [3.05, 3.63) is 30.1 Å². The van der Waals surface area contributed by atoms with E-state index in [1.807, 2.05) is 23.3 Å². The molecule has 1 fully saturated rings. The molecule has 0 aliphatic carbocycles. The van der Waals surface area contributed by atoms with Gasteiger partial charge in [0.15, 0.2) is 0 Å². The standard InChI is InChI=1S/C14H21N3OS/c1-19-10-6-12(15)14(18)17-9-2-3-13(17)11-4-7-16-8-5-11/h4-5,7-8,12-13H,2-3,6,9-10,15H2,1H3/t12-,13?/m1/s1. The van der Waals surface area contributed by atoms with Crippen molar-refractivity contribution in [3.63, 3.8) is 0 Å². The van der Waals surface area contributed by atoms with Gasteiger partial charge in [-0.1, -0.05) is 0 Å². The van der Waals surface area contributed by atoms with Crippen LogP contribution in [0.1, 0.15) is 30.9 Å². The molecule has 1 aromatic rings. The van der Waals surface area contributed by atoms with Crippen LogP contribution in [0.25, 0.3) is 0 Å². The molecule has 0 aromatic carbocycles. The van der Waals surface area contributed by atoms with Crippen LogP contribution in [0.5, 0.6) is 0 Å². The number of nitrogens with two attached hydrogens (primary N) is 1. The van der Waals surface area contributed by atoms with E-state index < -0.39 is 0 Å². The summed E-state index contributed by atoms with van der Waals surface area (Å²) >= 11 is 1.73. The van der Waals surface area contributed by atoms with E-state index in [9.17, 15) is 4.79 Å². The highest BCUT2D eigenvalue weighted by atomic mass is 32.2. The SMILES string of the molecule is CSCC[C@@H](N)C(=O)N1CCCC1c1ccncc1. The summed E-state index contributed by atoms with van der Waals surface area (Å²) in [4.78, 5) is 18.4. The first-order chi connectivity index (χ1) is 9.24. The van der Waals surface area contributed by atoms with Crippen LogP contribution in [-0.2, 0) is 4.79 Å². The fourth-order valence-corrected chi connectivity index (χ4v) is 3.03. The third-order valence-electron chi connectivity index (χ3n) is 3.58. The molecule has 2 atom stereocenters. The van der Waals surface area contributed by atoms with Crippen LogP contribution in [-0.4, -0.2) is 40.4 Å². The van der Waals surface area contributed by atoms with E-state index in [-0.39, 0.29) is 18.0 Å². The molecule has 1 aliphatic heterocycles. The summed E-state index contributed by atoms with van der Waals surface area (Å²) in [5, 5.41) is 0. The maximum Gasteiger partial charge on any atom is 0.240 e. The first-order valence-electron chi connectivity index (χ1n) is 6.69. The van der Waals surface area contributed by atoms with Crippen molar-refractivity contribution in [2.24, 2.45) is 5.73 Å². The van der Waals surface area contributed by atoms with Gasteiger partial charge in [-0.2, -0.15) is 11.8 Å². The number of nitrogens with zero attached hydrogens (tertiary/aromatic N) is 2. The van der Waals surface area contributed by atoms with Gasteiger partial charge in [-0.05, 0) is 49.0 Å². The van der Waals surface area contributed by atoms with Gasteiger partial charge < -0.3 is 10.6 Å². The molecular formula is C14H21N3OS. The second kappa shape index (κ2) is 6.91. The summed E-state index contributed by atoms with van der Waals surface area (Å²) < 4.78 is 0. The van der Waals surface area contributed by atoms with E-state index in [0.29, 0.717) is 0 Å². The molecule has 19 heavy (non-hydrogen) atoms. The van der Waals surface area contributed by atoms with Gasteiger partial charge in [0.2, 0.25) is 5.91 Å². The zero-order valence-electron chi connectivity index (χ0n) is 11.3. The zero-order chi connectivity index (χ0) is 13.7. The number of carbonyl (C=O) groups is 1. The molecule has 1 unspecified atom stereocenters. The van der Waals surface area contributed by atoms with Crippen molar-refractivity contribution in [2.75, 3.05) is 18.6 Å². The third-order valence-corrected chi connectivity index (χ3v) is 4.22. The molecule has 0 bridgehead atoms. The molecule has 0 spiro atoms. The molecule has 1 aromatic heterocycles. The predicted octanol–water partition coefficient (Wildman–Crippen LogP) is 1.83. The summed E-state index contributed by atoms with van der Waals surface area (Å²) in [6, 6.07) is 3.79. The van der Waals surface area contributed by atoms with Crippen LogP contribution in [0.3, 0.4) is 0 Å². The molecule has 4 nitrogen and oxygen atoms in total. The van der Waals surface area contributed by atoms with Crippen LogP contribution in [0, 0.1) is 0 Å². The van der Waals surface area contributed by atoms with Crippen molar-refractivity contribution in [3.8, 4) is 0 Å². The van der Waals surface area contributed by atoms with Gasteiger partial charge in [0.1, 0.15) is 0 Å². The normalized spacial score (nSPS) is 20.5. The van der Waals surface area contributed by atoms with E-state index in [1.165, 1.54) is 0 Å². The fourth-order valence-electron chi connectivity index (χ4n) is 2.54. The van der Waals surface area contributed by atoms with E-state index in [1.54, 1.807) is 24.2 Å². The van der Waals surface area contributed by atoms with Crippen molar-refractivity contribution < 1.29 is 4.79 Å². The number of pyridine rings is 1. The summed E-state index contributed by atoms with van der Waals surface area (Å²) in [5.74, 6) is 1.02. The maximum absolute atomic E-state index is 12.4. The van der Waals surface area contributed by atoms with Gasteiger partial charge in [0.25, 0.3) is 0 Å². The van der Waals surface area contributed by atoms with Gasteiger partial charge in [0.05, 0.1) is 12.1 Å². The number of thioether (sulfide) groups is 1. The Morgan fingerprint density at radius 3 is 3.00 bits per heavy atom. The smallest absolute Gasteiger partial charge is 0.240 e. The minimum absolute atomic E-state index is 0.0911. The Labute approximate surface area is 118 Å². The molecular weight excluding hydrogens is 258 g/mol. The summed E-state index contributed by atoms with van der Waals surface area (Å²) in [6.45, 7) is 0.818. The number of rotatable bonds is 5. The number of hydrogen-bond acceptors (Lipinski definition) is 4. The quantitative estimate of drug-likeness (QED) is 0.893. The average Bonchev–Trinajstić information content (AvgIpc) is 2.94. The Bertz CT molecular complexity index is 412. The lowest BCUT2D eigenvalue weighted by Crippen LogP contribution is -2.43. The number of amides is 1. The number of hydrogen-bond donors (Lipinski definition) is 1. The largest absolute Gasteiger partial charge is 0.334 e. The Balaban J connectivity index is 2.04.